The average Bonchev–Trinajstić information content (AvgIpc) is 3.27. The smallest absolute Gasteiger partial charge is 0.276 e. The van der Waals surface area contributed by atoms with Crippen LogP contribution in [0.5, 0.6) is 0 Å². The molecule has 0 radical (unpaired) electrons. The van der Waals surface area contributed by atoms with Crippen molar-refractivity contribution < 1.29 is 14.1 Å². The first-order chi connectivity index (χ1) is 11.8. The fourth-order valence-electron chi connectivity index (χ4n) is 3.00. The first-order valence-electron chi connectivity index (χ1n) is 8.66. The van der Waals surface area contributed by atoms with Gasteiger partial charge in [0.05, 0.1) is 6.10 Å². The van der Waals surface area contributed by atoms with E-state index in [1.807, 2.05) is 35.2 Å². The van der Waals surface area contributed by atoms with Crippen LogP contribution < -0.4 is 0 Å². The number of carbonyl (C=O) groups excluding carboxylic acids is 1. The Morgan fingerprint density at radius 3 is 2.88 bits per heavy atom. The molecule has 0 spiro atoms. The van der Waals surface area contributed by atoms with Crippen LogP contribution in [-0.2, 0) is 17.7 Å². The molecule has 5 nitrogen and oxygen atoms in total. The molecule has 0 saturated carbocycles. The Hall–Kier alpha value is -2.14. The van der Waals surface area contributed by atoms with E-state index in [-0.39, 0.29) is 12.0 Å². The van der Waals surface area contributed by atoms with Crippen molar-refractivity contribution in [1.29, 1.82) is 0 Å². The Balaban J connectivity index is 1.75. The Labute approximate surface area is 142 Å². The molecule has 1 aliphatic heterocycles. The Kier molecular flexibility index (Phi) is 5.64. The summed E-state index contributed by atoms with van der Waals surface area (Å²) in [5, 5.41) is 3.96. The van der Waals surface area contributed by atoms with Gasteiger partial charge in [-0.15, -0.1) is 0 Å². The molecular formula is C19H24N2O3. The number of nitrogens with zero attached hydrogens (tertiary/aromatic N) is 2. The molecule has 0 N–H and O–H groups in total. The summed E-state index contributed by atoms with van der Waals surface area (Å²) < 4.78 is 11.0. The lowest BCUT2D eigenvalue weighted by Gasteiger charge is -2.24. The van der Waals surface area contributed by atoms with Gasteiger partial charge in [0, 0.05) is 32.2 Å². The van der Waals surface area contributed by atoms with Crippen LogP contribution in [0.25, 0.3) is 0 Å². The van der Waals surface area contributed by atoms with Crippen molar-refractivity contribution in [3.05, 3.63) is 53.4 Å². The zero-order valence-corrected chi connectivity index (χ0v) is 14.1. The molecule has 0 aliphatic carbocycles. The second-order valence-corrected chi connectivity index (χ2v) is 6.23. The molecule has 128 valence electrons. The highest BCUT2D eigenvalue weighted by molar-refractivity contribution is 5.92. The van der Waals surface area contributed by atoms with E-state index in [0.29, 0.717) is 18.8 Å². The fourth-order valence-corrected chi connectivity index (χ4v) is 3.00. The van der Waals surface area contributed by atoms with Crippen LogP contribution in [-0.4, -0.2) is 35.2 Å². The summed E-state index contributed by atoms with van der Waals surface area (Å²) in [6.07, 6.45) is 3.93. The van der Waals surface area contributed by atoms with Gasteiger partial charge in [-0.1, -0.05) is 42.4 Å². The SMILES string of the molecule is CCCc1cc(C(=O)N(Cc2ccccc2)CC2CCCO2)no1. The van der Waals surface area contributed by atoms with E-state index in [1.54, 1.807) is 6.07 Å². The summed E-state index contributed by atoms with van der Waals surface area (Å²) in [5.41, 5.74) is 1.48. The number of benzene rings is 1. The molecule has 1 aromatic carbocycles. The van der Waals surface area contributed by atoms with E-state index in [2.05, 4.69) is 12.1 Å². The van der Waals surface area contributed by atoms with Crippen LogP contribution in [0.4, 0.5) is 0 Å². The van der Waals surface area contributed by atoms with Gasteiger partial charge in [0.15, 0.2) is 5.69 Å². The van der Waals surface area contributed by atoms with Crippen LogP contribution in [0, 0.1) is 0 Å². The summed E-state index contributed by atoms with van der Waals surface area (Å²) in [6, 6.07) is 11.8. The van der Waals surface area contributed by atoms with Gasteiger partial charge in [0.2, 0.25) is 0 Å². The number of hydrogen-bond acceptors (Lipinski definition) is 4. The fraction of sp³-hybridized carbons (Fsp3) is 0.474. The quantitative estimate of drug-likeness (QED) is 0.781. The van der Waals surface area contributed by atoms with Gasteiger partial charge in [0.25, 0.3) is 5.91 Å². The second-order valence-electron chi connectivity index (χ2n) is 6.23. The number of rotatable bonds is 7. The van der Waals surface area contributed by atoms with Crippen LogP contribution >= 0.6 is 0 Å². The molecule has 1 amide bonds. The Bertz CT molecular complexity index is 648. The van der Waals surface area contributed by atoms with E-state index in [0.717, 1.165) is 43.6 Å². The average molecular weight is 328 g/mol. The van der Waals surface area contributed by atoms with Gasteiger partial charge >= 0.3 is 0 Å². The molecule has 1 atom stereocenters. The Morgan fingerprint density at radius 2 is 2.17 bits per heavy atom. The summed E-state index contributed by atoms with van der Waals surface area (Å²) in [4.78, 5) is 14.7. The summed E-state index contributed by atoms with van der Waals surface area (Å²) in [6.45, 7) is 3.99. The van der Waals surface area contributed by atoms with Crippen molar-refractivity contribution in [3.63, 3.8) is 0 Å². The van der Waals surface area contributed by atoms with Crippen molar-refractivity contribution >= 4 is 5.91 Å². The van der Waals surface area contributed by atoms with Crippen molar-refractivity contribution in [2.24, 2.45) is 0 Å². The van der Waals surface area contributed by atoms with Gasteiger partial charge in [-0.3, -0.25) is 4.79 Å². The number of ether oxygens (including phenoxy) is 1. The molecule has 5 heteroatoms. The minimum absolute atomic E-state index is 0.0968. The maximum atomic E-state index is 12.9. The Morgan fingerprint density at radius 1 is 1.33 bits per heavy atom. The first kappa shape index (κ1) is 16.7. The highest BCUT2D eigenvalue weighted by Crippen LogP contribution is 2.17. The van der Waals surface area contributed by atoms with Crippen LogP contribution in [0.1, 0.15) is 48.0 Å². The molecule has 24 heavy (non-hydrogen) atoms. The molecule has 0 bridgehead atoms. The molecule has 1 unspecified atom stereocenters. The van der Waals surface area contributed by atoms with E-state index >= 15 is 0 Å². The summed E-state index contributed by atoms with van der Waals surface area (Å²) >= 11 is 0. The number of amides is 1. The molecule has 1 fully saturated rings. The van der Waals surface area contributed by atoms with Gasteiger partial charge in [-0.2, -0.15) is 0 Å². The molecule has 3 rings (SSSR count). The lowest BCUT2D eigenvalue weighted by molar-refractivity contribution is 0.0499. The summed E-state index contributed by atoms with van der Waals surface area (Å²) in [5.74, 6) is 0.665. The predicted molar refractivity (Wildman–Crippen MR) is 90.7 cm³/mol. The van der Waals surface area contributed by atoms with Crippen molar-refractivity contribution in [2.75, 3.05) is 13.2 Å². The predicted octanol–water partition coefficient (Wildman–Crippen LogP) is 3.45. The third kappa shape index (κ3) is 4.23. The maximum Gasteiger partial charge on any atom is 0.276 e. The van der Waals surface area contributed by atoms with Crippen LogP contribution in [0.2, 0.25) is 0 Å². The monoisotopic (exact) mass is 328 g/mol. The maximum absolute atomic E-state index is 12.9. The minimum atomic E-state index is -0.0968. The van der Waals surface area contributed by atoms with E-state index in [4.69, 9.17) is 9.26 Å². The van der Waals surface area contributed by atoms with E-state index < -0.39 is 0 Å². The van der Waals surface area contributed by atoms with E-state index in [1.165, 1.54) is 0 Å². The van der Waals surface area contributed by atoms with E-state index in [9.17, 15) is 4.79 Å². The zero-order chi connectivity index (χ0) is 16.8. The lowest BCUT2D eigenvalue weighted by Crippen LogP contribution is -2.37. The molecular weight excluding hydrogens is 304 g/mol. The van der Waals surface area contributed by atoms with Crippen molar-refractivity contribution in [3.8, 4) is 0 Å². The van der Waals surface area contributed by atoms with Gasteiger partial charge in [-0.25, -0.2) is 0 Å². The van der Waals surface area contributed by atoms with Gasteiger partial charge in [0.1, 0.15) is 5.76 Å². The largest absolute Gasteiger partial charge is 0.376 e. The second kappa shape index (κ2) is 8.11. The lowest BCUT2D eigenvalue weighted by atomic mass is 10.1. The van der Waals surface area contributed by atoms with Crippen molar-refractivity contribution in [1.82, 2.24) is 10.1 Å². The topological polar surface area (TPSA) is 55.6 Å². The van der Waals surface area contributed by atoms with Crippen molar-refractivity contribution in [2.45, 2.75) is 45.3 Å². The summed E-state index contributed by atoms with van der Waals surface area (Å²) in [7, 11) is 0. The highest BCUT2D eigenvalue weighted by Gasteiger charge is 2.25. The third-order valence-electron chi connectivity index (χ3n) is 4.23. The van der Waals surface area contributed by atoms with Crippen LogP contribution in [0.15, 0.2) is 40.9 Å². The standard InChI is InChI=1S/C19H24N2O3/c1-2-7-16-12-18(20-24-16)19(22)21(14-17-10-6-11-23-17)13-15-8-4-3-5-9-15/h3-5,8-9,12,17H,2,6-7,10-11,13-14H2,1H3. The number of carbonyl (C=O) groups is 1. The minimum Gasteiger partial charge on any atom is -0.376 e. The molecule has 2 heterocycles. The van der Waals surface area contributed by atoms with Gasteiger partial charge in [-0.05, 0) is 24.8 Å². The zero-order valence-electron chi connectivity index (χ0n) is 14.1. The molecule has 1 aromatic heterocycles. The normalized spacial score (nSPS) is 17.1. The van der Waals surface area contributed by atoms with Gasteiger partial charge < -0.3 is 14.2 Å². The first-order valence-corrected chi connectivity index (χ1v) is 8.66. The molecule has 2 aromatic rings. The third-order valence-corrected chi connectivity index (χ3v) is 4.23. The van der Waals surface area contributed by atoms with Crippen LogP contribution in [0.3, 0.4) is 0 Å². The molecule has 1 aliphatic rings. The number of aryl methyl sites for hydroxylation is 1. The number of hydrogen-bond donors (Lipinski definition) is 0. The number of aromatic nitrogens is 1. The molecule has 1 saturated heterocycles. The highest BCUT2D eigenvalue weighted by atomic mass is 16.5.